The number of hydrogen-bond acceptors (Lipinski definition) is 4. The Balaban J connectivity index is 2.27. The van der Waals surface area contributed by atoms with Gasteiger partial charge < -0.3 is 10.2 Å². The largest absolute Gasteiger partial charge is 0.317 e. The van der Waals surface area contributed by atoms with Gasteiger partial charge in [-0.3, -0.25) is 0 Å². The Morgan fingerprint density at radius 3 is 2.50 bits per heavy atom. The van der Waals surface area contributed by atoms with Crippen molar-refractivity contribution in [1.82, 2.24) is 14.5 Å². The molecule has 1 aliphatic rings. The van der Waals surface area contributed by atoms with Gasteiger partial charge in [0.1, 0.15) is 0 Å². The predicted molar refractivity (Wildman–Crippen MR) is 84.4 cm³/mol. The first-order chi connectivity index (χ1) is 9.45. The highest BCUT2D eigenvalue weighted by Gasteiger charge is 2.23. The number of nitrogens with one attached hydrogen (secondary N) is 1. The predicted octanol–water partition coefficient (Wildman–Crippen LogP) is 0.980. The SMILES string of the molecule is CCCNCCCS(=O)(=O)N(C)CC1CCN(C)CC1. The van der Waals surface area contributed by atoms with E-state index < -0.39 is 10.0 Å². The summed E-state index contributed by atoms with van der Waals surface area (Å²) in [6.45, 7) is 6.71. The molecule has 0 aromatic rings. The summed E-state index contributed by atoms with van der Waals surface area (Å²) in [5, 5.41) is 3.24. The van der Waals surface area contributed by atoms with E-state index in [9.17, 15) is 8.42 Å². The number of hydrogen-bond donors (Lipinski definition) is 1. The van der Waals surface area contributed by atoms with E-state index in [-0.39, 0.29) is 5.75 Å². The Morgan fingerprint density at radius 2 is 1.90 bits per heavy atom. The van der Waals surface area contributed by atoms with E-state index in [1.807, 2.05) is 0 Å². The molecular weight excluding hydrogens is 274 g/mol. The molecule has 0 aromatic carbocycles. The lowest BCUT2D eigenvalue weighted by atomic mass is 9.97. The van der Waals surface area contributed by atoms with Gasteiger partial charge in [-0.25, -0.2) is 12.7 Å². The van der Waals surface area contributed by atoms with Gasteiger partial charge in [0.2, 0.25) is 10.0 Å². The molecule has 20 heavy (non-hydrogen) atoms. The molecule has 0 aromatic heterocycles. The van der Waals surface area contributed by atoms with E-state index in [1.165, 1.54) is 0 Å². The minimum Gasteiger partial charge on any atom is -0.317 e. The van der Waals surface area contributed by atoms with E-state index in [4.69, 9.17) is 0 Å². The maximum atomic E-state index is 12.2. The fraction of sp³-hybridized carbons (Fsp3) is 1.00. The fourth-order valence-electron chi connectivity index (χ4n) is 2.56. The second kappa shape index (κ2) is 8.97. The molecular formula is C14H31N3O2S. The lowest BCUT2D eigenvalue weighted by Crippen LogP contribution is -2.39. The minimum absolute atomic E-state index is 0.257. The van der Waals surface area contributed by atoms with Gasteiger partial charge in [0.25, 0.3) is 0 Å². The number of rotatable bonds is 9. The molecule has 0 radical (unpaired) electrons. The van der Waals surface area contributed by atoms with E-state index in [0.29, 0.717) is 18.9 Å². The molecule has 1 heterocycles. The van der Waals surface area contributed by atoms with Crippen molar-refractivity contribution in [3.63, 3.8) is 0 Å². The van der Waals surface area contributed by atoms with Crippen molar-refractivity contribution in [3.05, 3.63) is 0 Å². The quantitative estimate of drug-likeness (QED) is 0.645. The molecule has 1 saturated heterocycles. The summed E-state index contributed by atoms with van der Waals surface area (Å²) in [6.07, 6.45) is 3.99. The van der Waals surface area contributed by atoms with Crippen molar-refractivity contribution in [2.24, 2.45) is 5.92 Å². The van der Waals surface area contributed by atoms with Gasteiger partial charge in [0, 0.05) is 13.6 Å². The molecule has 0 amide bonds. The highest BCUT2D eigenvalue weighted by atomic mass is 32.2. The molecule has 1 N–H and O–H groups in total. The first kappa shape index (κ1) is 17.9. The van der Waals surface area contributed by atoms with Crippen LogP contribution in [0.25, 0.3) is 0 Å². The topological polar surface area (TPSA) is 52.7 Å². The van der Waals surface area contributed by atoms with Crippen molar-refractivity contribution in [3.8, 4) is 0 Å². The zero-order valence-electron chi connectivity index (χ0n) is 13.3. The molecule has 1 rings (SSSR count). The maximum absolute atomic E-state index is 12.2. The van der Waals surface area contributed by atoms with E-state index in [0.717, 1.165) is 45.4 Å². The van der Waals surface area contributed by atoms with Gasteiger partial charge in [-0.15, -0.1) is 0 Å². The zero-order chi connectivity index (χ0) is 15.0. The van der Waals surface area contributed by atoms with Crippen LogP contribution in [0.5, 0.6) is 0 Å². The molecule has 1 fully saturated rings. The van der Waals surface area contributed by atoms with Crippen LogP contribution in [-0.4, -0.2) is 70.2 Å². The van der Waals surface area contributed by atoms with Crippen molar-refractivity contribution < 1.29 is 8.42 Å². The minimum atomic E-state index is -3.08. The zero-order valence-corrected chi connectivity index (χ0v) is 14.1. The van der Waals surface area contributed by atoms with Crippen LogP contribution < -0.4 is 5.32 Å². The van der Waals surface area contributed by atoms with Crippen molar-refractivity contribution in [2.45, 2.75) is 32.6 Å². The molecule has 1 aliphatic heterocycles. The fourth-order valence-corrected chi connectivity index (χ4v) is 3.82. The molecule has 120 valence electrons. The Labute approximate surface area is 124 Å². The first-order valence-electron chi connectivity index (χ1n) is 7.79. The van der Waals surface area contributed by atoms with Gasteiger partial charge in [0.05, 0.1) is 5.75 Å². The van der Waals surface area contributed by atoms with Gasteiger partial charge >= 0.3 is 0 Å². The molecule has 6 heteroatoms. The van der Waals surface area contributed by atoms with Gasteiger partial charge in [0.15, 0.2) is 0 Å². The van der Waals surface area contributed by atoms with Crippen LogP contribution in [0.3, 0.4) is 0 Å². The molecule has 0 spiro atoms. The highest BCUT2D eigenvalue weighted by molar-refractivity contribution is 7.89. The van der Waals surface area contributed by atoms with Crippen LogP contribution in [0, 0.1) is 5.92 Å². The van der Waals surface area contributed by atoms with Crippen LogP contribution in [0.15, 0.2) is 0 Å². The number of sulfonamides is 1. The van der Waals surface area contributed by atoms with Crippen LogP contribution in [0.2, 0.25) is 0 Å². The number of nitrogens with zero attached hydrogens (tertiary/aromatic N) is 2. The summed E-state index contributed by atoms with van der Waals surface area (Å²) >= 11 is 0. The van der Waals surface area contributed by atoms with Crippen LogP contribution >= 0.6 is 0 Å². The van der Waals surface area contributed by atoms with Crippen LogP contribution in [0.1, 0.15) is 32.6 Å². The molecule has 0 bridgehead atoms. The van der Waals surface area contributed by atoms with Crippen molar-refractivity contribution >= 4 is 10.0 Å². The summed E-state index contributed by atoms with van der Waals surface area (Å²) in [5.74, 6) is 0.775. The Hall–Kier alpha value is -0.170. The summed E-state index contributed by atoms with van der Waals surface area (Å²) in [4.78, 5) is 2.31. The second-order valence-corrected chi connectivity index (χ2v) is 8.14. The summed E-state index contributed by atoms with van der Waals surface area (Å²) in [5.41, 5.74) is 0. The molecule has 0 unspecified atom stereocenters. The Morgan fingerprint density at radius 1 is 1.25 bits per heavy atom. The van der Waals surface area contributed by atoms with E-state index >= 15 is 0 Å². The smallest absolute Gasteiger partial charge is 0.213 e. The summed E-state index contributed by atoms with van der Waals surface area (Å²) in [7, 11) is 0.774. The molecule has 5 nitrogen and oxygen atoms in total. The molecule has 0 saturated carbocycles. The van der Waals surface area contributed by atoms with Gasteiger partial charge in [-0.2, -0.15) is 0 Å². The van der Waals surface area contributed by atoms with E-state index in [2.05, 4.69) is 24.2 Å². The average molecular weight is 305 g/mol. The monoisotopic (exact) mass is 305 g/mol. The summed E-state index contributed by atoms with van der Waals surface area (Å²) in [6, 6.07) is 0. The number of likely N-dealkylation sites (tertiary alicyclic amines) is 1. The third kappa shape index (κ3) is 6.52. The van der Waals surface area contributed by atoms with Crippen LogP contribution in [-0.2, 0) is 10.0 Å². The van der Waals surface area contributed by atoms with Crippen molar-refractivity contribution in [2.75, 3.05) is 52.6 Å². The lowest BCUT2D eigenvalue weighted by Gasteiger charge is -2.31. The second-order valence-electron chi connectivity index (χ2n) is 5.95. The first-order valence-corrected chi connectivity index (χ1v) is 9.40. The molecule has 0 aliphatic carbocycles. The average Bonchev–Trinajstić information content (AvgIpc) is 2.41. The van der Waals surface area contributed by atoms with Gasteiger partial charge in [-0.1, -0.05) is 6.92 Å². The third-order valence-electron chi connectivity index (χ3n) is 4.01. The third-order valence-corrected chi connectivity index (χ3v) is 5.91. The maximum Gasteiger partial charge on any atom is 0.213 e. The van der Waals surface area contributed by atoms with E-state index in [1.54, 1.807) is 11.4 Å². The number of piperidine rings is 1. The van der Waals surface area contributed by atoms with Crippen molar-refractivity contribution in [1.29, 1.82) is 0 Å². The van der Waals surface area contributed by atoms with Gasteiger partial charge in [-0.05, 0) is 64.8 Å². The van der Waals surface area contributed by atoms with Crippen LogP contribution in [0.4, 0.5) is 0 Å². The normalized spacial score (nSPS) is 18.8. The Bertz CT molecular complexity index is 351. The standard InChI is InChI=1S/C14H31N3O2S/c1-4-8-15-9-5-12-20(18,19)17(3)13-14-6-10-16(2)11-7-14/h14-15H,4-13H2,1-3H3. The highest BCUT2D eigenvalue weighted by Crippen LogP contribution is 2.18. The Kier molecular flexibility index (Phi) is 8.02. The molecule has 0 atom stereocenters. The lowest BCUT2D eigenvalue weighted by molar-refractivity contribution is 0.202. The summed E-state index contributed by atoms with van der Waals surface area (Å²) < 4.78 is 26.0.